The van der Waals surface area contributed by atoms with E-state index in [1.54, 1.807) is 0 Å². The Morgan fingerprint density at radius 2 is 1.32 bits per heavy atom. The Hall–Kier alpha value is -0.0400. The van der Waals surface area contributed by atoms with Gasteiger partial charge in [-0.2, -0.15) is 0 Å². The molecular formula is C21H41N. The highest BCUT2D eigenvalue weighted by Crippen LogP contribution is 2.50. The SMILES string of the molecule is CC(N)CCCC(C)(C)C(C1CCCCC1)C1CCCCC1. The molecule has 0 amide bonds. The van der Waals surface area contributed by atoms with Crippen LogP contribution >= 0.6 is 0 Å². The molecule has 0 aromatic heterocycles. The Balaban J connectivity index is 2.03. The van der Waals surface area contributed by atoms with E-state index in [1.807, 2.05) is 0 Å². The van der Waals surface area contributed by atoms with Crippen molar-refractivity contribution < 1.29 is 0 Å². The summed E-state index contributed by atoms with van der Waals surface area (Å²) in [6.45, 7) is 7.33. The topological polar surface area (TPSA) is 26.0 Å². The quantitative estimate of drug-likeness (QED) is 0.586. The zero-order valence-electron chi connectivity index (χ0n) is 15.6. The van der Waals surface area contributed by atoms with E-state index in [-0.39, 0.29) is 0 Å². The fraction of sp³-hybridized carbons (Fsp3) is 1.00. The van der Waals surface area contributed by atoms with E-state index in [0.717, 1.165) is 17.8 Å². The second kappa shape index (κ2) is 8.71. The molecule has 0 bridgehead atoms. The minimum atomic E-state index is 0.374. The summed E-state index contributed by atoms with van der Waals surface area (Å²) >= 11 is 0. The molecular weight excluding hydrogens is 266 g/mol. The van der Waals surface area contributed by atoms with Gasteiger partial charge >= 0.3 is 0 Å². The van der Waals surface area contributed by atoms with Crippen molar-refractivity contribution in [2.45, 2.75) is 110 Å². The van der Waals surface area contributed by atoms with Gasteiger partial charge in [0.25, 0.3) is 0 Å². The fourth-order valence-electron chi connectivity index (χ4n) is 5.69. The molecule has 130 valence electrons. The maximum Gasteiger partial charge on any atom is 0.00104 e. The van der Waals surface area contributed by atoms with Crippen LogP contribution in [0.2, 0.25) is 0 Å². The Morgan fingerprint density at radius 1 is 0.864 bits per heavy atom. The predicted octanol–water partition coefficient (Wildman–Crippen LogP) is 6.31. The maximum atomic E-state index is 5.98. The van der Waals surface area contributed by atoms with Crippen LogP contribution in [0.25, 0.3) is 0 Å². The first kappa shape index (κ1) is 18.3. The molecule has 22 heavy (non-hydrogen) atoms. The Bertz CT molecular complexity index is 277. The lowest BCUT2D eigenvalue weighted by Gasteiger charge is -2.47. The average Bonchev–Trinajstić information content (AvgIpc) is 2.48. The lowest BCUT2D eigenvalue weighted by molar-refractivity contribution is 0.0276. The Labute approximate surface area is 139 Å². The molecule has 0 radical (unpaired) electrons. The van der Waals surface area contributed by atoms with Gasteiger partial charge in [0.2, 0.25) is 0 Å². The van der Waals surface area contributed by atoms with Gasteiger partial charge in [0.1, 0.15) is 0 Å². The highest BCUT2D eigenvalue weighted by molar-refractivity contribution is 4.90. The summed E-state index contributed by atoms with van der Waals surface area (Å²) in [5.74, 6) is 3.01. The van der Waals surface area contributed by atoms with Gasteiger partial charge in [-0.05, 0) is 42.9 Å². The van der Waals surface area contributed by atoms with Gasteiger partial charge in [-0.1, -0.05) is 84.5 Å². The van der Waals surface area contributed by atoms with E-state index in [9.17, 15) is 0 Å². The fourth-order valence-corrected chi connectivity index (χ4v) is 5.69. The van der Waals surface area contributed by atoms with Gasteiger partial charge in [-0.3, -0.25) is 0 Å². The Kier molecular flexibility index (Phi) is 7.25. The third kappa shape index (κ3) is 5.25. The first-order valence-electron chi connectivity index (χ1n) is 10.3. The maximum absolute atomic E-state index is 5.98. The van der Waals surface area contributed by atoms with Crippen molar-refractivity contribution in [3.8, 4) is 0 Å². The molecule has 2 aliphatic rings. The van der Waals surface area contributed by atoms with Gasteiger partial charge in [0, 0.05) is 6.04 Å². The summed E-state index contributed by atoms with van der Waals surface area (Å²) in [6, 6.07) is 0.374. The predicted molar refractivity (Wildman–Crippen MR) is 97.9 cm³/mol. The second-order valence-corrected chi connectivity index (χ2v) is 9.18. The highest BCUT2D eigenvalue weighted by atomic mass is 14.6. The van der Waals surface area contributed by atoms with Crippen LogP contribution in [0.5, 0.6) is 0 Å². The van der Waals surface area contributed by atoms with Crippen LogP contribution in [0, 0.1) is 23.2 Å². The van der Waals surface area contributed by atoms with E-state index < -0.39 is 0 Å². The molecule has 1 unspecified atom stereocenters. The third-order valence-corrected chi connectivity index (χ3v) is 6.70. The minimum absolute atomic E-state index is 0.374. The van der Waals surface area contributed by atoms with Crippen molar-refractivity contribution in [3.05, 3.63) is 0 Å². The summed E-state index contributed by atoms with van der Waals surface area (Å²) < 4.78 is 0. The van der Waals surface area contributed by atoms with Crippen LogP contribution in [0.15, 0.2) is 0 Å². The van der Waals surface area contributed by atoms with Crippen molar-refractivity contribution in [1.82, 2.24) is 0 Å². The van der Waals surface area contributed by atoms with Crippen molar-refractivity contribution in [2.75, 3.05) is 0 Å². The summed E-state index contributed by atoms with van der Waals surface area (Å²) in [5, 5.41) is 0. The smallest absolute Gasteiger partial charge is 0.00104 e. The normalized spacial score (nSPS) is 23.9. The van der Waals surface area contributed by atoms with Crippen LogP contribution in [0.1, 0.15) is 104 Å². The third-order valence-electron chi connectivity index (χ3n) is 6.70. The second-order valence-electron chi connectivity index (χ2n) is 9.18. The number of hydrogen-bond donors (Lipinski definition) is 1. The monoisotopic (exact) mass is 307 g/mol. The van der Waals surface area contributed by atoms with Crippen molar-refractivity contribution in [2.24, 2.45) is 28.9 Å². The minimum Gasteiger partial charge on any atom is -0.328 e. The molecule has 2 rings (SSSR count). The van der Waals surface area contributed by atoms with E-state index >= 15 is 0 Å². The van der Waals surface area contributed by atoms with E-state index in [0.29, 0.717) is 11.5 Å². The van der Waals surface area contributed by atoms with Gasteiger partial charge < -0.3 is 5.73 Å². The van der Waals surface area contributed by atoms with Crippen LogP contribution in [0.3, 0.4) is 0 Å². The summed E-state index contributed by atoms with van der Waals surface area (Å²) in [6.07, 6.45) is 18.9. The molecule has 2 saturated carbocycles. The lowest BCUT2D eigenvalue weighted by Crippen LogP contribution is -2.38. The number of nitrogens with two attached hydrogens (primary N) is 1. The zero-order chi connectivity index (χ0) is 16.0. The summed E-state index contributed by atoms with van der Waals surface area (Å²) in [4.78, 5) is 0. The van der Waals surface area contributed by atoms with Gasteiger partial charge in [0.05, 0.1) is 0 Å². The molecule has 1 heteroatoms. The molecule has 0 aromatic rings. The number of hydrogen-bond acceptors (Lipinski definition) is 1. The van der Waals surface area contributed by atoms with Gasteiger partial charge in [0.15, 0.2) is 0 Å². The van der Waals surface area contributed by atoms with E-state index in [1.165, 1.54) is 83.5 Å². The van der Waals surface area contributed by atoms with Crippen molar-refractivity contribution >= 4 is 0 Å². The number of rotatable bonds is 7. The van der Waals surface area contributed by atoms with Crippen molar-refractivity contribution in [1.29, 1.82) is 0 Å². The lowest BCUT2D eigenvalue weighted by atomic mass is 9.58. The van der Waals surface area contributed by atoms with E-state index in [2.05, 4.69) is 20.8 Å². The molecule has 1 atom stereocenters. The van der Waals surface area contributed by atoms with Crippen LogP contribution in [-0.4, -0.2) is 6.04 Å². The average molecular weight is 308 g/mol. The summed E-state index contributed by atoms with van der Waals surface area (Å²) in [7, 11) is 0. The van der Waals surface area contributed by atoms with Crippen LogP contribution in [0.4, 0.5) is 0 Å². The molecule has 1 nitrogen and oxygen atoms in total. The van der Waals surface area contributed by atoms with Gasteiger partial charge in [-0.15, -0.1) is 0 Å². The summed E-state index contributed by atoms with van der Waals surface area (Å²) in [5.41, 5.74) is 6.50. The zero-order valence-corrected chi connectivity index (χ0v) is 15.6. The molecule has 2 N–H and O–H groups in total. The molecule has 0 aromatic carbocycles. The molecule has 0 heterocycles. The first-order chi connectivity index (χ1) is 10.5. The Morgan fingerprint density at radius 3 is 1.73 bits per heavy atom. The molecule has 0 spiro atoms. The van der Waals surface area contributed by atoms with E-state index in [4.69, 9.17) is 5.73 Å². The molecule has 2 fully saturated rings. The molecule has 0 aliphatic heterocycles. The largest absolute Gasteiger partial charge is 0.328 e. The van der Waals surface area contributed by atoms with Crippen LogP contribution in [-0.2, 0) is 0 Å². The standard InChI is InChI=1S/C21H41N/c1-17(22)11-10-16-21(2,3)20(18-12-6-4-7-13-18)19-14-8-5-9-15-19/h17-20H,4-16,22H2,1-3H3. The van der Waals surface area contributed by atoms with Crippen molar-refractivity contribution in [3.63, 3.8) is 0 Å². The molecule has 0 saturated heterocycles. The van der Waals surface area contributed by atoms with Gasteiger partial charge in [-0.25, -0.2) is 0 Å². The first-order valence-corrected chi connectivity index (χ1v) is 10.3. The molecule has 2 aliphatic carbocycles. The highest BCUT2D eigenvalue weighted by Gasteiger charge is 2.40. The van der Waals surface area contributed by atoms with Crippen LogP contribution < -0.4 is 5.73 Å².